The Balaban J connectivity index is 1.81. The van der Waals surface area contributed by atoms with Crippen molar-refractivity contribution in [2.45, 2.75) is 45.9 Å². The van der Waals surface area contributed by atoms with Gasteiger partial charge in [0, 0.05) is 19.0 Å². The summed E-state index contributed by atoms with van der Waals surface area (Å²) in [5.74, 6) is 1.12. The summed E-state index contributed by atoms with van der Waals surface area (Å²) < 4.78 is 7.39. The smallest absolute Gasteiger partial charge is 0.270 e. The zero-order chi connectivity index (χ0) is 15.9. The summed E-state index contributed by atoms with van der Waals surface area (Å²) in [7, 11) is 1.78. The number of nitrogens with zero attached hydrogens (tertiary/aromatic N) is 4. The fourth-order valence-electron chi connectivity index (χ4n) is 2.86. The van der Waals surface area contributed by atoms with E-state index < -0.39 is 0 Å². The molecule has 1 aliphatic heterocycles. The summed E-state index contributed by atoms with van der Waals surface area (Å²) in [6, 6.07) is 0. The molecule has 2 atom stereocenters. The molecular formula is C14H20N6O2. The number of aromatic nitrogens is 5. The Hall–Kier alpha value is -2.22. The quantitative estimate of drug-likeness (QED) is 0.874. The molecule has 0 unspecified atom stereocenters. The molecule has 1 aliphatic rings. The normalized spacial score (nSPS) is 20.7. The summed E-state index contributed by atoms with van der Waals surface area (Å²) in [4.78, 5) is 16.7. The Labute approximate surface area is 128 Å². The summed E-state index contributed by atoms with van der Waals surface area (Å²) in [6.45, 7) is 6.06. The molecular weight excluding hydrogens is 284 g/mol. The molecule has 0 radical (unpaired) electrons. The Morgan fingerprint density at radius 3 is 2.95 bits per heavy atom. The van der Waals surface area contributed by atoms with E-state index in [4.69, 9.17) is 4.74 Å². The van der Waals surface area contributed by atoms with Crippen LogP contribution in [-0.2, 0) is 24.8 Å². The molecule has 3 heterocycles. The van der Waals surface area contributed by atoms with Gasteiger partial charge in [-0.1, -0.05) is 0 Å². The first kappa shape index (κ1) is 14.7. The molecule has 0 saturated heterocycles. The Morgan fingerprint density at radius 2 is 2.27 bits per heavy atom. The Bertz CT molecular complexity index is 704. The van der Waals surface area contributed by atoms with Crippen LogP contribution in [0.5, 0.6) is 0 Å². The maximum atomic E-state index is 12.5. The predicted octanol–water partition coefficient (Wildman–Crippen LogP) is 0.799. The predicted molar refractivity (Wildman–Crippen MR) is 78.2 cm³/mol. The van der Waals surface area contributed by atoms with Crippen LogP contribution in [0.1, 0.15) is 53.3 Å². The lowest BCUT2D eigenvalue weighted by atomic mass is 9.99. The zero-order valence-corrected chi connectivity index (χ0v) is 13.2. The van der Waals surface area contributed by atoms with Crippen molar-refractivity contribution in [2.24, 2.45) is 7.05 Å². The first-order chi connectivity index (χ1) is 10.5. The van der Waals surface area contributed by atoms with E-state index in [9.17, 15) is 4.79 Å². The number of aromatic amines is 1. The molecule has 0 aromatic carbocycles. The van der Waals surface area contributed by atoms with E-state index in [1.807, 2.05) is 20.8 Å². The van der Waals surface area contributed by atoms with Crippen molar-refractivity contribution in [2.75, 3.05) is 0 Å². The summed E-state index contributed by atoms with van der Waals surface area (Å²) in [6.07, 6.45) is 0.673. The van der Waals surface area contributed by atoms with Crippen LogP contribution in [0.15, 0.2) is 0 Å². The van der Waals surface area contributed by atoms with Crippen LogP contribution in [-0.4, -0.2) is 37.0 Å². The van der Waals surface area contributed by atoms with Crippen molar-refractivity contribution in [1.82, 2.24) is 30.3 Å². The zero-order valence-electron chi connectivity index (χ0n) is 13.2. The second-order valence-corrected chi connectivity index (χ2v) is 5.65. The number of rotatable bonds is 3. The van der Waals surface area contributed by atoms with Gasteiger partial charge < -0.3 is 10.1 Å². The molecule has 8 nitrogen and oxygen atoms in total. The standard InChI is InChI=1S/C14H20N6O2/c1-7-5-10-12(8(2)22-7)19-20(4)13(10)14(21)15-6-11-16-9(3)17-18-11/h7-8H,5-6H2,1-4H3,(H,15,21)(H,16,17,18)/t7-,8+/m1/s1. The maximum Gasteiger partial charge on any atom is 0.270 e. The van der Waals surface area contributed by atoms with Gasteiger partial charge >= 0.3 is 0 Å². The van der Waals surface area contributed by atoms with Gasteiger partial charge in [0.2, 0.25) is 0 Å². The number of ether oxygens (including phenoxy) is 1. The van der Waals surface area contributed by atoms with Crippen LogP contribution in [0.3, 0.4) is 0 Å². The van der Waals surface area contributed by atoms with Crippen molar-refractivity contribution >= 4 is 5.91 Å². The fourth-order valence-corrected chi connectivity index (χ4v) is 2.86. The minimum atomic E-state index is -0.167. The lowest BCUT2D eigenvalue weighted by molar-refractivity contribution is -0.00710. The highest BCUT2D eigenvalue weighted by molar-refractivity contribution is 5.94. The van der Waals surface area contributed by atoms with E-state index in [1.54, 1.807) is 11.7 Å². The van der Waals surface area contributed by atoms with Crippen molar-refractivity contribution in [3.63, 3.8) is 0 Å². The largest absolute Gasteiger partial charge is 0.369 e. The van der Waals surface area contributed by atoms with E-state index in [0.29, 0.717) is 17.9 Å². The number of carbonyl (C=O) groups is 1. The molecule has 22 heavy (non-hydrogen) atoms. The molecule has 0 bridgehead atoms. The van der Waals surface area contributed by atoms with E-state index in [-0.39, 0.29) is 24.7 Å². The number of hydrogen-bond acceptors (Lipinski definition) is 5. The van der Waals surface area contributed by atoms with Gasteiger partial charge in [0.15, 0.2) is 5.82 Å². The second-order valence-electron chi connectivity index (χ2n) is 5.65. The van der Waals surface area contributed by atoms with Crippen molar-refractivity contribution in [1.29, 1.82) is 0 Å². The number of hydrogen-bond donors (Lipinski definition) is 2. The van der Waals surface area contributed by atoms with Gasteiger partial charge in [-0.2, -0.15) is 10.2 Å². The monoisotopic (exact) mass is 304 g/mol. The van der Waals surface area contributed by atoms with Gasteiger partial charge in [0.25, 0.3) is 5.91 Å². The van der Waals surface area contributed by atoms with E-state index in [0.717, 1.165) is 17.1 Å². The summed E-state index contributed by atoms with van der Waals surface area (Å²) in [5.41, 5.74) is 2.40. The number of aryl methyl sites for hydroxylation is 2. The lowest BCUT2D eigenvalue weighted by Gasteiger charge is -2.24. The molecule has 2 N–H and O–H groups in total. The molecule has 2 aromatic rings. The van der Waals surface area contributed by atoms with Gasteiger partial charge in [-0.15, -0.1) is 0 Å². The van der Waals surface area contributed by atoms with E-state index in [2.05, 4.69) is 25.6 Å². The highest BCUT2D eigenvalue weighted by Crippen LogP contribution is 2.31. The van der Waals surface area contributed by atoms with E-state index >= 15 is 0 Å². The fraction of sp³-hybridized carbons (Fsp3) is 0.571. The number of nitrogens with one attached hydrogen (secondary N) is 2. The Morgan fingerprint density at radius 1 is 1.50 bits per heavy atom. The minimum Gasteiger partial charge on any atom is -0.369 e. The minimum absolute atomic E-state index is 0.0777. The molecule has 118 valence electrons. The molecule has 0 spiro atoms. The first-order valence-corrected chi connectivity index (χ1v) is 7.33. The van der Waals surface area contributed by atoms with Crippen LogP contribution >= 0.6 is 0 Å². The topological polar surface area (TPSA) is 97.7 Å². The van der Waals surface area contributed by atoms with Crippen molar-refractivity contribution in [3.8, 4) is 0 Å². The van der Waals surface area contributed by atoms with Gasteiger partial charge in [-0.3, -0.25) is 14.6 Å². The molecule has 0 aliphatic carbocycles. The van der Waals surface area contributed by atoms with Crippen LogP contribution in [0.2, 0.25) is 0 Å². The van der Waals surface area contributed by atoms with Crippen LogP contribution < -0.4 is 5.32 Å². The van der Waals surface area contributed by atoms with Gasteiger partial charge in [0.05, 0.1) is 24.4 Å². The van der Waals surface area contributed by atoms with E-state index in [1.165, 1.54) is 0 Å². The maximum absolute atomic E-state index is 12.5. The Kier molecular flexibility index (Phi) is 3.69. The number of H-pyrrole nitrogens is 1. The lowest BCUT2D eigenvalue weighted by Crippen LogP contribution is -2.28. The third-order valence-corrected chi connectivity index (χ3v) is 3.76. The average molecular weight is 304 g/mol. The SMILES string of the molecule is Cc1nc(CNC(=O)c2c3c(nn2C)[C@H](C)O[C@H](C)C3)n[nH]1. The third-order valence-electron chi connectivity index (χ3n) is 3.76. The number of carbonyl (C=O) groups excluding carboxylic acids is 1. The van der Waals surface area contributed by atoms with Gasteiger partial charge in [-0.25, -0.2) is 4.98 Å². The molecule has 3 rings (SSSR count). The van der Waals surface area contributed by atoms with Crippen LogP contribution in [0.25, 0.3) is 0 Å². The van der Waals surface area contributed by atoms with Crippen LogP contribution in [0, 0.1) is 6.92 Å². The van der Waals surface area contributed by atoms with Crippen LogP contribution in [0.4, 0.5) is 0 Å². The second kappa shape index (κ2) is 5.53. The highest BCUT2D eigenvalue weighted by Gasteiger charge is 2.31. The van der Waals surface area contributed by atoms with Crippen molar-refractivity contribution in [3.05, 3.63) is 28.6 Å². The number of amides is 1. The van der Waals surface area contributed by atoms with Gasteiger partial charge in [0.1, 0.15) is 11.5 Å². The molecule has 0 fully saturated rings. The average Bonchev–Trinajstić information content (AvgIpc) is 2.99. The summed E-state index contributed by atoms with van der Waals surface area (Å²) in [5, 5.41) is 14.1. The third kappa shape index (κ3) is 2.61. The first-order valence-electron chi connectivity index (χ1n) is 7.33. The highest BCUT2D eigenvalue weighted by atomic mass is 16.5. The molecule has 8 heteroatoms. The molecule has 2 aromatic heterocycles. The molecule has 1 amide bonds. The van der Waals surface area contributed by atoms with Crippen molar-refractivity contribution < 1.29 is 9.53 Å². The summed E-state index contributed by atoms with van der Waals surface area (Å²) >= 11 is 0. The number of fused-ring (bicyclic) bond motifs is 1. The van der Waals surface area contributed by atoms with Gasteiger partial charge in [-0.05, 0) is 20.8 Å². The molecule has 0 saturated carbocycles.